The van der Waals surface area contributed by atoms with Crippen molar-refractivity contribution in [2.75, 3.05) is 20.8 Å². The number of methoxy groups -OCH3 is 2. The van der Waals surface area contributed by atoms with Crippen molar-refractivity contribution in [3.8, 4) is 51.3 Å². The second-order valence-corrected chi connectivity index (χ2v) is 8.82. The van der Waals surface area contributed by atoms with Gasteiger partial charge in [-0.2, -0.15) is 5.26 Å². The molecule has 0 unspecified atom stereocenters. The third-order valence-corrected chi connectivity index (χ3v) is 6.33. The van der Waals surface area contributed by atoms with Crippen molar-refractivity contribution in [3.63, 3.8) is 0 Å². The summed E-state index contributed by atoms with van der Waals surface area (Å²) >= 11 is 0. The molecule has 0 aliphatic carbocycles. The maximum absolute atomic E-state index is 12.1. The fourth-order valence-corrected chi connectivity index (χ4v) is 4.31. The third-order valence-electron chi connectivity index (χ3n) is 6.33. The van der Waals surface area contributed by atoms with E-state index in [0.29, 0.717) is 46.5 Å². The fourth-order valence-electron chi connectivity index (χ4n) is 4.31. The normalized spacial score (nSPS) is 10.9. The lowest BCUT2D eigenvalue weighted by Crippen LogP contribution is -2.04. The van der Waals surface area contributed by atoms with Crippen LogP contribution in [0.25, 0.3) is 33.8 Å². The van der Waals surface area contributed by atoms with Crippen LogP contribution in [0.5, 0.6) is 11.5 Å². The van der Waals surface area contributed by atoms with E-state index in [1.807, 2.05) is 54.6 Å². The Bertz CT molecular complexity index is 1740. The Balaban J connectivity index is 1.51. The molecule has 0 atom stereocenters. The summed E-state index contributed by atoms with van der Waals surface area (Å²) in [7, 11) is 3.20. The van der Waals surface area contributed by atoms with Crippen molar-refractivity contribution in [1.82, 2.24) is 0 Å². The van der Waals surface area contributed by atoms with Gasteiger partial charge in [-0.05, 0) is 73.2 Å². The van der Waals surface area contributed by atoms with E-state index in [2.05, 4.69) is 11.1 Å². The van der Waals surface area contributed by atoms with Crippen LogP contribution in [0.1, 0.15) is 28.6 Å². The first-order valence-corrected chi connectivity index (χ1v) is 12.8. The van der Waals surface area contributed by atoms with E-state index in [1.165, 1.54) is 6.21 Å². The summed E-state index contributed by atoms with van der Waals surface area (Å²) < 4.78 is 27.8. The summed E-state index contributed by atoms with van der Waals surface area (Å²) in [4.78, 5) is 16.6. The van der Waals surface area contributed by atoms with Gasteiger partial charge in [-0.15, -0.1) is 0 Å². The number of carbonyl (C=O) groups is 1. The minimum Gasteiger partial charge on any atom is -0.497 e. The number of aliphatic imine (C=N–C) groups is 1. The van der Waals surface area contributed by atoms with E-state index >= 15 is 0 Å². The third kappa shape index (κ3) is 5.75. The van der Waals surface area contributed by atoms with Crippen LogP contribution in [0.4, 0.5) is 5.88 Å². The summed E-state index contributed by atoms with van der Waals surface area (Å²) in [5.74, 6) is 2.63. The zero-order valence-corrected chi connectivity index (χ0v) is 22.7. The molecule has 204 valence electrons. The Morgan fingerprint density at radius 1 is 0.878 bits per heavy atom. The molecule has 2 aromatic heterocycles. The van der Waals surface area contributed by atoms with Gasteiger partial charge >= 0.3 is 5.97 Å². The van der Waals surface area contributed by atoms with Gasteiger partial charge in [-0.3, -0.25) is 0 Å². The van der Waals surface area contributed by atoms with Gasteiger partial charge in [0, 0.05) is 16.7 Å². The van der Waals surface area contributed by atoms with Crippen molar-refractivity contribution in [2.45, 2.75) is 6.92 Å². The molecule has 0 amide bonds. The van der Waals surface area contributed by atoms with Gasteiger partial charge in [0.25, 0.3) is 0 Å². The van der Waals surface area contributed by atoms with Gasteiger partial charge in [-0.1, -0.05) is 24.3 Å². The lowest BCUT2D eigenvalue weighted by molar-refractivity contribution is 0.0526. The average Bonchev–Trinajstić information content (AvgIpc) is 3.65. The Morgan fingerprint density at radius 2 is 1.56 bits per heavy atom. The first-order chi connectivity index (χ1) is 20.0. The number of hydrogen-bond donors (Lipinski definition) is 0. The number of furan rings is 2. The molecular weight excluding hydrogens is 520 g/mol. The van der Waals surface area contributed by atoms with E-state index in [1.54, 1.807) is 51.5 Å². The zero-order chi connectivity index (χ0) is 28.8. The van der Waals surface area contributed by atoms with Gasteiger partial charge in [-0.25, -0.2) is 9.79 Å². The lowest BCUT2D eigenvalue weighted by Gasteiger charge is -2.06. The summed E-state index contributed by atoms with van der Waals surface area (Å²) in [6, 6.07) is 27.6. The predicted molar refractivity (Wildman–Crippen MR) is 155 cm³/mol. The zero-order valence-electron chi connectivity index (χ0n) is 22.7. The second-order valence-electron chi connectivity index (χ2n) is 8.82. The Morgan fingerprint density at radius 3 is 2.20 bits per heavy atom. The molecule has 5 rings (SSSR count). The molecule has 0 aliphatic rings. The van der Waals surface area contributed by atoms with Crippen molar-refractivity contribution >= 4 is 18.1 Å². The molecule has 8 heteroatoms. The van der Waals surface area contributed by atoms with Crippen molar-refractivity contribution in [3.05, 3.63) is 102 Å². The molecule has 0 N–H and O–H groups in total. The standard InChI is InChI=1S/C33H26N2O6/c1-4-39-33(36)24-7-5-6-23(18-24)29-17-16-27(40-29)20-35-32-28(19-34)30(21-8-12-25(37-2)13-9-21)31(41-32)22-10-14-26(38-3)15-11-22/h5-18,20H,4H2,1-3H3. The molecule has 3 aromatic carbocycles. The van der Waals surface area contributed by atoms with Gasteiger partial charge in [0.2, 0.25) is 5.88 Å². The van der Waals surface area contributed by atoms with E-state index in [4.69, 9.17) is 23.0 Å². The van der Waals surface area contributed by atoms with Gasteiger partial charge in [0.05, 0.1) is 32.6 Å². The molecule has 41 heavy (non-hydrogen) atoms. The topological polar surface area (TPSA) is 107 Å². The Hall–Kier alpha value is -5.55. The van der Waals surface area contributed by atoms with Crippen molar-refractivity contribution in [1.29, 1.82) is 5.26 Å². The van der Waals surface area contributed by atoms with E-state index in [-0.39, 0.29) is 11.4 Å². The molecule has 8 nitrogen and oxygen atoms in total. The van der Waals surface area contributed by atoms with E-state index in [9.17, 15) is 10.1 Å². The maximum Gasteiger partial charge on any atom is 0.338 e. The first-order valence-electron chi connectivity index (χ1n) is 12.8. The number of benzene rings is 3. The SMILES string of the molecule is CCOC(=O)c1cccc(-c2ccc(C=Nc3oc(-c4ccc(OC)cc4)c(-c4ccc(OC)cc4)c3C#N)o2)c1. The van der Waals surface area contributed by atoms with Crippen molar-refractivity contribution in [2.24, 2.45) is 4.99 Å². The molecule has 0 radical (unpaired) electrons. The number of nitriles is 1. The summed E-state index contributed by atoms with van der Waals surface area (Å²) in [6.45, 7) is 2.05. The largest absolute Gasteiger partial charge is 0.497 e. The van der Waals surface area contributed by atoms with Crippen molar-refractivity contribution < 1.29 is 27.8 Å². The quantitative estimate of drug-likeness (QED) is 0.138. The summed E-state index contributed by atoms with van der Waals surface area (Å²) in [6.07, 6.45) is 1.49. The Labute approximate surface area is 237 Å². The summed E-state index contributed by atoms with van der Waals surface area (Å²) in [5.41, 5.74) is 3.59. The van der Waals surface area contributed by atoms with Crippen LogP contribution in [0, 0.1) is 11.3 Å². The van der Waals surface area contributed by atoms with Crippen LogP contribution in [0.2, 0.25) is 0 Å². The predicted octanol–water partition coefficient (Wildman–Crippen LogP) is 7.69. The highest BCUT2D eigenvalue weighted by Gasteiger charge is 2.23. The smallest absolute Gasteiger partial charge is 0.338 e. The van der Waals surface area contributed by atoms with Crippen LogP contribution in [-0.4, -0.2) is 33.0 Å². The number of ether oxygens (including phenoxy) is 3. The molecular formula is C33H26N2O6. The number of esters is 1. The highest BCUT2D eigenvalue weighted by Crippen LogP contribution is 2.43. The van der Waals surface area contributed by atoms with Crippen LogP contribution < -0.4 is 9.47 Å². The van der Waals surface area contributed by atoms with Gasteiger partial charge < -0.3 is 23.0 Å². The molecule has 2 heterocycles. The molecule has 0 fully saturated rings. The van der Waals surface area contributed by atoms with E-state index < -0.39 is 5.97 Å². The van der Waals surface area contributed by atoms with Crippen LogP contribution in [0.15, 0.2) is 98.8 Å². The highest BCUT2D eigenvalue weighted by atomic mass is 16.5. The second kappa shape index (κ2) is 12.1. The number of rotatable bonds is 9. The average molecular weight is 547 g/mol. The molecule has 0 saturated heterocycles. The van der Waals surface area contributed by atoms with E-state index in [0.717, 1.165) is 16.7 Å². The molecule has 0 spiro atoms. The molecule has 5 aromatic rings. The van der Waals surface area contributed by atoms with Crippen LogP contribution in [0.3, 0.4) is 0 Å². The summed E-state index contributed by atoms with van der Waals surface area (Å²) in [5, 5.41) is 10.2. The molecule has 0 aliphatic heterocycles. The lowest BCUT2D eigenvalue weighted by atomic mass is 9.98. The van der Waals surface area contributed by atoms with Crippen LogP contribution in [-0.2, 0) is 4.74 Å². The molecule has 0 bridgehead atoms. The fraction of sp³-hybridized carbons (Fsp3) is 0.121. The Kier molecular flexibility index (Phi) is 7.98. The minimum absolute atomic E-state index is 0.145. The monoisotopic (exact) mass is 546 g/mol. The number of carbonyl (C=O) groups excluding carboxylic acids is 1. The first kappa shape index (κ1) is 27.0. The van der Waals surface area contributed by atoms with Crippen LogP contribution >= 0.6 is 0 Å². The number of hydrogen-bond acceptors (Lipinski definition) is 8. The van der Waals surface area contributed by atoms with Gasteiger partial charge in [0.1, 0.15) is 40.4 Å². The molecule has 0 saturated carbocycles. The van der Waals surface area contributed by atoms with Gasteiger partial charge in [0.15, 0.2) is 0 Å². The highest BCUT2D eigenvalue weighted by molar-refractivity contribution is 5.91. The number of nitrogens with zero attached hydrogens (tertiary/aromatic N) is 2. The maximum atomic E-state index is 12.1. The minimum atomic E-state index is -0.398.